The summed E-state index contributed by atoms with van der Waals surface area (Å²) in [7, 11) is 0. The number of pyridine rings is 1. The Bertz CT molecular complexity index is 320. The zero-order valence-corrected chi connectivity index (χ0v) is 10.8. The quantitative estimate of drug-likeness (QED) is 0.587. The second-order valence-electron chi connectivity index (χ2n) is 3.80. The van der Waals surface area contributed by atoms with Crippen LogP contribution in [0.4, 0.5) is 0 Å². The Hall–Kier alpha value is -0.780. The first kappa shape index (κ1) is 13.3. The van der Waals surface area contributed by atoms with Crippen molar-refractivity contribution in [3.05, 3.63) is 24.0 Å². The smallest absolute Gasteiger partial charge is 0.138 e. The van der Waals surface area contributed by atoms with Gasteiger partial charge in [0.15, 0.2) is 0 Å². The monoisotopic (exact) mass is 241 g/mol. The van der Waals surface area contributed by atoms with Crippen LogP contribution >= 0.6 is 11.8 Å². The van der Waals surface area contributed by atoms with Crippen molar-refractivity contribution >= 4 is 11.8 Å². The summed E-state index contributed by atoms with van der Waals surface area (Å²) >= 11 is 1.74. The van der Waals surface area contributed by atoms with Gasteiger partial charge in [0.25, 0.3) is 0 Å². The van der Waals surface area contributed by atoms with Crippen molar-refractivity contribution in [2.45, 2.75) is 26.0 Å². The fraction of sp³-hybridized carbons (Fsp3) is 0.545. The molecule has 1 rings (SSSR count). The van der Waals surface area contributed by atoms with Gasteiger partial charge in [-0.05, 0) is 31.7 Å². The Kier molecular flexibility index (Phi) is 5.59. The van der Waals surface area contributed by atoms with Crippen LogP contribution in [-0.2, 0) is 0 Å². The Morgan fingerprint density at radius 1 is 1.50 bits per heavy atom. The first-order chi connectivity index (χ1) is 7.67. The molecule has 4 nitrogen and oxygen atoms in total. The topological polar surface area (TPSA) is 60.2 Å². The van der Waals surface area contributed by atoms with E-state index in [4.69, 9.17) is 10.6 Å². The summed E-state index contributed by atoms with van der Waals surface area (Å²) in [5, 5.41) is 0. The van der Waals surface area contributed by atoms with Crippen molar-refractivity contribution in [1.29, 1.82) is 0 Å². The molecule has 1 heterocycles. The summed E-state index contributed by atoms with van der Waals surface area (Å²) in [6, 6.07) is 2.09. The molecular formula is C11H19N3OS. The molecule has 0 aliphatic heterocycles. The Morgan fingerprint density at radius 2 is 2.25 bits per heavy atom. The molecule has 0 aliphatic rings. The summed E-state index contributed by atoms with van der Waals surface area (Å²) in [4.78, 5) is 4.16. The predicted octanol–water partition coefficient (Wildman–Crippen LogP) is 1.74. The molecule has 1 aromatic heterocycles. The molecule has 0 aromatic carbocycles. The van der Waals surface area contributed by atoms with Crippen molar-refractivity contribution in [2.75, 3.05) is 12.0 Å². The highest BCUT2D eigenvalue weighted by molar-refractivity contribution is 7.98. The van der Waals surface area contributed by atoms with Crippen molar-refractivity contribution in [3.8, 4) is 5.75 Å². The molecule has 16 heavy (non-hydrogen) atoms. The maximum absolute atomic E-state index is 5.59. The SMILES string of the molecule is CSCC(NN)c1cncc(OC(C)C)c1. The standard InChI is InChI=1S/C11H19N3OS/c1-8(2)15-10-4-9(5-13-6-10)11(14-12)7-16-3/h4-6,8,11,14H,7,12H2,1-3H3. The molecule has 0 aliphatic carbocycles. The van der Waals surface area contributed by atoms with Gasteiger partial charge >= 0.3 is 0 Å². The van der Waals surface area contributed by atoms with Crippen LogP contribution in [0.2, 0.25) is 0 Å². The highest BCUT2D eigenvalue weighted by atomic mass is 32.2. The minimum atomic E-state index is 0.109. The molecule has 0 bridgehead atoms. The van der Waals surface area contributed by atoms with Crippen LogP contribution in [0.25, 0.3) is 0 Å². The molecule has 90 valence electrons. The maximum Gasteiger partial charge on any atom is 0.138 e. The van der Waals surface area contributed by atoms with Crippen LogP contribution in [0.1, 0.15) is 25.5 Å². The number of nitrogens with one attached hydrogen (secondary N) is 1. The van der Waals surface area contributed by atoms with E-state index in [1.807, 2.05) is 32.4 Å². The number of thioether (sulfide) groups is 1. The molecule has 1 atom stereocenters. The minimum Gasteiger partial charge on any atom is -0.489 e. The van der Waals surface area contributed by atoms with Crippen LogP contribution in [0, 0.1) is 0 Å². The molecule has 0 spiro atoms. The van der Waals surface area contributed by atoms with Crippen molar-refractivity contribution in [2.24, 2.45) is 5.84 Å². The summed E-state index contributed by atoms with van der Waals surface area (Å²) in [5.74, 6) is 7.20. The number of hydrazine groups is 1. The molecule has 0 saturated heterocycles. The molecule has 1 unspecified atom stereocenters. The van der Waals surface area contributed by atoms with Gasteiger partial charge in [-0.2, -0.15) is 11.8 Å². The minimum absolute atomic E-state index is 0.109. The molecule has 5 heteroatoms. The summed E-state index contributed by atoms with van der Waals surface area (Å²) < 4.78 is 5.59. The van der Waals surface area contributed by atoms with Crippen molar-refractivity contribution in [3.63, 3.8) is 0 Å². The van der Waals surface area contributed by atoms with Gasteiger partial charge in [0.2, 0.25) is 0 Å². The number of hydrogen-bond acceptors (Lipinski definition) is 5. The second-order valence-corrected chi connectivity index (χ2v) is 4.71. The van der Waals surface area contributed by atoms with E-state index >= 15 is 0 Å². The predicted molar refractivity (Wildman–Crippen MR) is 68.4 cm³/mol. The van der Waals surface area contributed by atoms with E-state index in [1.54, 1.807) is 18.0 Å². The van der Waals surface area contributed by atoms with Crippen molar-refractivity contribution in [1.82, 2.24) is 10.4 Å². The number of aromatic nitrogens is 1. The zero-order valence-electron chi connectivity index (χ0n) is 9.93. The maximum atomic E-state index is 5.59. The van der Waals surface area contributed by atoms with Gasteiger partial charge < -0.3 is 4.74 Å². The summed E-state index contributed by atoms with van der Waals surface area (Å²) in [6.45, 7) is 3.99. The third-order valence-corrected chi connectivity index (χ3v) is 2.71. The van der Waals surface area contributed by atoms with Gasteiger partial charge in [-0.1, -0.05) is 0 Å². The van der Waals surface area contributed by atoms with E-state index < -0.39 is 0 Å². The van der Waals surface area contributed by atoms with Crippen LogP contribution in [-0.4, -0.2) is 23.1 Å². The van der Waals surface area contributed by atoms with Gasteiger partial charge in [0.1, 0.15) is 5.75 Å². The molecule has 0 radical (unpaired) electrons. The lowest BCUT2D eigenvalue weighted by atomic mass is 10.1. The average molecular weight is 241 g/mol. The second kappa shape index (κ2) is 6.73. The largest absolute Gasteiger partial charge is 0.489 e. The Morgan fingerprint density at radius 3 is 2.81 bits per heavy atom. The third kappa shape index (κ3) is 4.00. The number of nitrogens with zero attached hydrogens (tertiary/aromatic N) is 1. The molecule has 0 fully saturated rings. The Labute approximate surface area is 101 Å². The summed E-state index contributed by atoms with van der Waals surface area (Å²) in [5.41, 5.74) is 3.83. The van der Waals surface area contributed by atoms with Crippen LogP contribution in [0.3, 0.4) is 0 Å². The molecule has 3 N–H and O–H groups in total. The summed E-state index contributed by atoms with van der Waals surface area (Å²) in [6.07, 6.45) is 5.73. The van der Waals surface area contributed by atoms with Crippen molar-refractivity contribution < 1.29 is 4.74 Å². The highest BCUT2D eigenvalue weighted by Gasteiger charge is 2.10. The van der Waals surface area contributed by atoms with Crippen LogP contribution in [0.5, 0.6) is 5.75 Å². The fourth-order valence-electron chi connectivity index (χ4n) is 1.37. The Balaban J connectivity index is 2.79. The fourth-order valence-corrected chi connectivity index (χ4v) is 1.99. The normalized spacial score (nSPS) is 12.8. The van der Waals surface area contributed by atoms with Gasteiger partial charge in [-0.25, -0.2) is 0 Å². The number of hydrogen-bond donors (Lipinski definition) is 2. The van der Waals surface area contributed by atoms with E-state index in [-0.39, 0.29) is 12.1 Å². The van der Waals surface area contributed by atoms with E-state index in [0.717, 1.165) is 17.1 Å². The third-order valence-electron chi connectivity index (χ3n) is 2.04. The van der Waals surface area contributed by atoms with E-state index in [1.165, 1.54) is 0 Å². The lowest BCUT2D eigenvalue weighted by molar-refractivity contribution is 0.241. The van der Waals surface area contributed by atoms with Gasteiger partial charge in [-0.3, -0.25) is 16.3 Å². The number of nitrogens with two attached hydrogens (primary N) is 1. The van der Waals surface area contributed by atoms with Gasteiger partial charge in [0.05, 0.1) is 18.3 Å². The lowest BCUT2D eigenvalue weighted by Gasteiger charge is -2.16. The highest BCUT2D eigenvalue weighted by Crippen LogP contribution is 2.20. The first-order valence-electron chi connectivity index (χ1n) is 5.24. The van der Waals surface area contributed by atoms with E-state index in [0.29, 0.717) is 0 Å². The number of rotatable bonds is 6. The lowest BCUT2D eigenvalue weighted by Crippen LogP contribution is -2.29. The van der Waals surface area contributed by atoms with E-state index in [2.05, 4.69) is 10.4 Å². The molecular weight excluding hydrogens is 222 g/mol. The zero-order chi connectivity index (χ0) is 12.0. The van der Waals surface area contributed by atoms with E-state index in [9.17, 15) is 0 Å². The molecule has 1 aromatic rings. The van der Waals surface area contributed by atoms with Crippen LogP contribution in [0.15, 0.2) is 18.5 Å². The first-order valence-corrected chi connectivity index (χ1v) is 6.63. The molecule has 0 amide bonds. The number of ether oxygens (including phenoxy) is 1. The molecule has 0 saturated carbocycles. The van der Waals surface area contributed by atoms with Gasteiger partial charge in [-0.15, -0.1) is 0 Å². The van der Waals surface area contributed by atoms with Gasteiger partial charge in [0, 0.05) is 11.9 Å². The average Bonchev–Trinajstić information content (AvgIpc) is 2.25. The van der Waals surface area contributed by atoms with Crippen LogP contribution < -0.4 is 16.0 Å².